The number of carbonyl (C=O) groups is 10. The molecule has 4 unspecified atom stereocenters. The highest BCUT2D eigenvalue weighted by Crippen LogP contribution is 2.20. The molecule has 1 aliphatic rings. The maximum Gasteiger partial charge on any atom is 0.300 e. The number of hydrogen-bond acceptors (Lipinski definition) is 12. The summed E-state index contributed by atoms with van der Waals surface area (Å²) < 4.78 is 0. The van der Waals surface area contributed by atoms with Gasteiger partial charge in [-0.25, -0.2) is 4.98 Å². The smallest absolute Gasteiger partial charge is 0.300 e. The molecule has 26 nitrogen and oxygen atoms in total. The van der Waals surface area contributed by atoms with Crippen molar-refractivity contribution in [1.82, 2.24) is 57.5 Å². The Hall–Kier alpha value is -8.84. The topological polar surface area (TPSA) is 422 Å². The molecule has 0 aliphatic carbocycles. The maximum absolute atomic E-state index is 14.7. The average Bonchev–Trinajstić information content (AvgIpc) is 4.07. The molecule has 26 heteroatoms. The average molecular weight is 1080 g/mol. The number of para-hydroxylation sites is 1. The molecular weight excluding hydrogens is 1010 g/mol. The standard InChI is InChI=1S/C50H69N15O9.C2H4O2/c1-3-4-16-36(59-29(2)66)44(69)65-41-25-42(67)55-20-11-10-18-35(43(51)68)60-47(72)39(23-31-26-57-34-17-9-8-15-33(31)34)63-45(70)37(19-12-21-56-50(52)53)61-46(71)38(22-30-13-6-5-7-14-30)62-48(73)40(64-49(41)74)24-32-27-54-28-58-32;1-2(3)4/h5-9,13-15,17,26-28,35-41,57H,3-4,10-12,16,18-25H2,1-2H3,(H2,51,68)(H,54,58)(H,55,67)(H,59,66)(H,60,72)(H,61,71)(H,62,73)(H,63,70)(H,64,74)(H,65,69)(H4,52,53,56);1H3,(H,3,4)/t35?,36-,37?,38+,39?,40?,41-;/m0./s1. The Morgan fingerprint density at radius 2 is 1.37 bits per heavy atom. The molecule has 1 saturated heterocycles. The van der Waals surface area contributed by atoms with E-state index in [1.165, 1.54) is 19.4 Å². The van der Waals surface area contributed by atoms with Gasteiger partial charge in [-0.15, -0.1) is 0 Å². The second-order valence-corrected chi connectivity index (χ2v) is 18.7. The van der Waals surface area contributed by atoms with Gasteiger partial charge in [-0.05, 0) is 55.7 Å². The third-order valence-electron chi connectivity index (χ3n) is 12.3. The number of carbonyl (C=O) groups excluding carboxylic acids is 9. The number of nitrogens with zero attached hydrogens (tertiary/aromatic N) is 2. The van der Waals surface area contributed by atoms with Crippen LogP contribution in [-0.2, 0) is 67.2 Å². The number of unbranched alkanes of at least 4 members (excludes halogenated alkanes) is 1. The van der Waals surface area contributed by atoms with E-state index in [4.69, 9.17) is 27.1 Å². The molecule has 2 aromatic carbocycles. The van der Waals surface area contributed by atoms with Crippen molar-refractivity contribution >= 4 is 76.0 Å². The number of aliphatic imine (C=N–C) groups is 1. The lowest BCUT2D eigenvalue weighted by Crippen LogP contribution is -2.61. The number of aliphatic carboxylic acids is 1. The van der Waals surface area contributed by atoms with Gasteiger partial charge in [-0.1, -0.05) is 68.3 Å². The fourth-order valence-corrected chi connectivity index (χ4v) is 8.40. The molecule has 9 amide bonds. The Morgan fingerprint density at radius 1 is 0.756 bits per heavy atom. The van der Waals surface area contributed by atoms with Crippen LogP contribution in [0.4, 0.5) is 0 Å². The van der Waals surface area contributed by atoms with Gasteiger partial charge in [-0.2, -0.15) is 0 Å². The molecule has 7 atom stereocenters. The minimum atomic E-state index is -1.58. The van der Waals surface area contributed by atoms with Crippen LogP contribution < -0.4 is 59.7 Å². The molecule has 78 heavy (non-hydrogen) atoms. The fourth-order valence-electron chi connectivity index (χ4n) is 8.40. The molecule has 422 valence electrons. The van der Waals surface area contributed by atoms with Crippen molar-refractivity contribution in [2.24, 2.45) is 22.2 Å². The predicted octanol–water partition coefficient (Wildman–Crippen LogP) is -1.16. The van der Waals surface area contributed by atoms with Gasteiger partial charge < -0.3 is 74.8 Å². The minimum absolute atomic E-state index is 0.0408. The van der Waals surface area contributed by atoms with E-state index in [0.29, 0.717) is 29.7 Å². The Morgan fingerprint density at radius 3 is 2.01 bits per heavy atom. The van der Waals surface area contributed by atoms with Crippen molar-refractivity contribution < 1.29 is 53.1 Å². The first-order valence-corrected chi connectivity index (χ1v) is 25.7. The third-order valence-corrected chi connectivity index (χ3v) is 12.3. The van der Waals surface area contributed by atoms with E-state index in [9.17, 15) is 43.2 Å². The molecule has 0 bridgehead atoms. The maximum atomic E-state index is 14.7. The normalized spacial score (nSPS) is 20.6. The van der Waals surface area contributed by atoms with Crippen LogP contribution in [0.5, 0.6) is 0 Å². The van der Waals surface area contributed by atoms with E-state index >= 15 is 0 Å². The number of carboxylic acids is 1. The summed E-state index contributed by atoms with van der Waals surface area (Å²) in [6.07, 6.45) is 5.72. The van der Waals surface area contributed by atoms with Crippen LogP contribution >= 0.6 is 0 Å². The van der Waals surface area contributed by atoms with Crippen LogP contribution in [0.15, 0.2) is 78.3 Å². The van der Waals surface area contributed by atoms with Crippen LogP contribution in [0.3, 0.4) is 0 Å². The zero-order chi connectivity index (χ0) is 57.1. The molecule has 2 aromatic heterocycles. The number of aromatic amines is 2. The first kappa shape index (κ1) is 61.7. The largest absolute Gasteiger partial charge is 0.481 e. The lowest BCUT2D eigenvalue weighted by Gasteiger charge is -2.28. The Balaban J connectivity index is 0.00000317. The number of carboxylic acid groups (broad SMARTS) is 1. The highest BCUT2D eigenvalue weighted by molar-refractivity contribution is 5.99. The zero-order valence-corrected chi connectivity index (χ0v) is 44.0. The van der Waals surface area contributed by atoms with Crippen molar-refractivity contribution in [3.63, 3.8) is 0 Å². The number of nitrogens with one attached hydrogen (secondary N) is 10. The number of guanidine groups is 1. The summed E-state index contributed by atoms with van der Waals surface area (Å²) in [5.41, 5.74) is 19.4. The van der Waals surface area contributed by atoms with E-state index in [-0.39, 0.29) is 76.8 Å². The number of amides is 9. The van der Waals surface area contributed by atoms with Crippen molar-refractivity contribution in [2.45, 2.75) is 140 Å². The number of benzene rings is 2. The van der Waals surface area contributed by atoms with Crippen molar-refractivity contribution in [3.8, 4) is 0 Å². The number of H-pyrrole nitrogens is 2. The molecule has 17 N–H and O–H groups in total. The van der Waals surface area contributed by atoms with E-state index in [0.717, 1.165) is 17.8 Å². The number of rotatable bonds is 17. The summed E-state index contributed by atoms with van der Waals surface area (Å²) >= 11 is 0. The molecule has 1 aliphatic heterocycles. The second-order valence-electron chi connectivity index (χ2n) is 18.7. The number of primary amides is 1. The summed E-state index contributed by atoms with van der Waals surface area (Å²) in [7, 11) is 0. The number of hydrogen-bond donors (Lipinski definition) is 14. The first-order chi connectivity index (χ1) is 37.2. The summed E-state index contributed by atoms with van der Waals surface area (Å²) in [5.74, 6) is -7.93. The highest BCUT2D eigenvalue weighted by Gasteiger charge is 2.35. The lowest BCUT2D eigenvalue weighted by atomic mass is 10.0. The number of aromatic nitrogens is 3. The van der Waals surface area contributed by atoms with Gasteiger partial charge in [0.1, 0.15) is 42.3 Å². The summed E-state index contributed by atoms with van der Waals surface area (Å²) in [6, 6.07) is 6.67. The summed E-state index contributed by atoms with van der Waals surface area (Å²) in [5, 5.41) is 29.8. The van der Waals surface area contributed by atoms with Gasteiger partial charge in [-0.3, -0.25) is 52.9 Å². The molecule has 4 aromatic rings. The van der Waals surface area contributed by atoms with E-state index in [2.05, 4.69) is 62.5 Å². The van der Waals surface area contributed by atoms with Crippen LogP contribution in [0.2, 0.25) is 0 Å². The predicted molar refractivity (Wildman–Crippen MR) is 287 cm³/mol. The molecule has 0 spiro atoms. The Bertz CT molecular complexity index is 2690. The number of nitrogens with two attached hydrogens (primary N) is 3. The van der Waals surface area contributed by atoms with Crippen LogP contribution in [-0.4, -0.2) is 141 Å². The fraction of sp³-hybridized carbons (Fsp3) is 0.462. The zero-order valence-electron chi connectivity index (χ0n) is 44.0. The molecular formula is C52H73N15O11. The van der Waals surface area contributed by atoms with E-state index in [1.54, 1.807) is 36.5 Å². The molecule has 3 heterocycles. The third kappa shape index (κ3) is 21.4. The van der Waals surface area contributed by atoms with Gasteiger partial charge >= 0.3 is 0 Å². The minimum Gasteiger partial charge on any atom is -0.481 e. The molecule has 5 rings (SSSR count). The quantitative estimate of drug-likeness (QED) is 0.0337. The SMILES string of the molecule is CC(=O)O.CCCC[C@H](NC(C)=O)C(=O)N[C@H]1CC(=O)NCCCCC(C(N)=O)NC(=O)C(Cc2c[nH]c3ccccc23)NC(=O)C(CCCN=C(N)N)NC(=O)[C@@H](Cc2ccccc2)NC(=O)C(Cc2cnc[nH]2)NC1=O. The van der Waals surface area contributed by atoms with Crippen LogP contribution in [0, 0.1) is 0 Å². The van der Waals surface area contributed by atoms with Gasteiger partial charge in [0.2, 0.25) is 53.2 Å². The number of fused-ring (bicyclic) bond motifs is 1. The molecule has 0 radical (unpaired) electrons. The first-order valence-electron chi connectivity index (χ1n) is 25.7. The Kier molecular flexibility index (Phi) is 25.2. The van der Waals surface area contributed by atoms with Crippen molar-refractivity contribution in [3.05, 3.63) is 90.1 Å². The second kappa shape index (κ2) is 31.9. The summed E-state index contributed by atoms with van der Waals surface area (Å²) in [6.45, 7) is 4.34. The highest BCUT2D eigenvalue weighted by atomic mass is 16.4. The van der Waals surface area contributed by atoms with Gasteiger partial charge in [0, 0.05) is 75.2 Å². The number of imidazole rings is 1. The van der Waals surface area contributed by atoms with E-state index in [1.807, 2.05) is 31.2 Å². The van der Waals surface area contributed by atoms with Gasteiger partial charge in [0.05, 0.1) is 12.7 Å². The van der Waals surface area contributed by atoms with Crippen molar-refractivity contribution in [2.75, 3.05) is 13.1 Å². The Labute approximate surface area is 450 Å². The van der Waals surface area contributed by atoms with Gasteiger partial charge in [0.15, 0.2) is 5.96 Å². The van der Waals surface area contributed by atoms with Crippen LogP contribution in [0.1, 0.15) is 95.4 Å². The van der Waals surface area contributed by atoms with Gasteiger partial charge in [0.25, 0.3) is 5.97 Å². The van der Waals surface area contributed by atoms with Crippen LogP contribution in [0.25, 0.3) is 10.9 Å². The molecule has 1 fully saturated rings. The van der Waals surface area contributed by atoms with E-state index < -0.39 is 108 Å². The molecule has 0 saturated carbocycles. The van der Waals surface area contributed by atoms with Crippen molar-refractivity contribution in [1.29, 1.82) is 0 Å². The lowest BCUT2D eigenvalue weighted by molar-refractivity contribution is -0.136. The summed E-state index contributed by atoms with van der Waals surface area (Å²) in [4.78, 5) is 148. The monoisotopic (exact) mass is 1080 g/mol.